The Morgan fingerprint density at radius 1 is 0.850 bits per heavy atom. The molecule has 1 aliphatic carbocycles. The molecule has 0 radical (unpaired) electrons. The molecule has 20 heavy (non-hydrogen) atoms. The topological polar surface area (TPSA) is 52.6 Å². The summed E-state index contributed by atoms with van der Waals surface area (Å²) in [6.45, 7) is 6.61. The highest BCUT2D eigenvalue weighted by molar-refractivity contribution is 7.82. The minimum atomic E-state index is -1.16. The molecular weight excluding hydrogens is 296 g/mol. The minimum absolute atomic E-state index is 0.479. The number of rotatable bonds is 4. The Morgan fingerprint density at radius 2 is 1.20 bits per heavy atom. The highest BCUT2D eigenvalue weighted by Gasteiger charge is 2.44. The van der Waals surface area contributed by atoms with E-state index >= 15 is 0 Å². The average molecular weight is 320 g/mol. The van der Waals surface area contributed by atoms with Gasteiger partial charge in [0.25, 0.3) is 5.79 Å². The van der Waals surface area contributed by atoms with Crippen molar-refractivity contribution in [3.63, 3.8) is 0 Å². The van der Waals surface area contributed by atoms with Gasteiger partial charge in [0, 0.05) is 12.8 Å². The lowest BCUT2D eigenvalue weighted by Crippen LogP contribution is -2.47. The summed E-state index contributed by atoms with van der Waals surface area (Å²) < 4.78 is 9.19. The largest absolute Gasteiger partial charge is 0.421 e. The third-order valence-electron chi connectivity index (χ3n) is 3.17. The van der Waals surface area contributed by atoms with Crippen molar-refractivity contribution in [1.82, 2.24) is 0 Å². The number of hydrogen-bond donors (Lipinski definition) is 2. The lowest BCUT2D eigenvalue weighted by atomic mass is 9.93. The summed E-state index contributed by atoms with van der Waals surface area (Å²) in [4.78, 5) is 24.1. The van der Waals surface area contributed by atoms with E-state index in [9.17, 15) is 9.59 Å². The van der Waals surface area contributed by atoms with Crippen LogP contribution in [0, 0.1) is 0 Å². The maximum atomic E-state index is 12.1. The predicted molar refractivity (Wildman–Crippen MR) is 84.1 cm³/mol. The normalized spacial score (nSPS) is 19.3. The Morgan fingerprint density at radius 3 is 1.50 bits per heavy atom. The molecule has 0 bridgehead atoms. The summed E-state index contributed by atoms with van der Waals surface area (Å²) >= 11 is 8.41. The van der Waals surface area contributed by atoms with Crippen LogP contribution in [0.3, 0.4) is 0 Å². The molecule has 0 saturated heterocycles. The summed E-state index contributed by atoms with van der Waals surface area (Å²) in [7, 11) is 0. The molecule has 1 saturated carbocycles. The quantitative estimate of drug-likeness (QED) is 0.475. The molecule has 0 spiro atoms. The van der Waals surface area contributed by atoms with Crippen molar-refractivity contribution in [1.29, 1.82) is 0 Å². The summed E-state index contributed by atoms with van der Waals surface area (Å²) in [5.74, 6) is -2.12. The smallest absolute Gasteiger partial charge is 0.324 e. The third-order valence-corrected chi connectivity index (χ3v) is 3.54. The van der Waals surface area contributed by atoms with E-state index in [4.69, 9.17) is 9.47 Å². The first kappa shape index (κ1) is 17.7. The van der Waals surface area contributed by atoms with Gasteiger partial charge in [-0.1, -0.05) is 6.42 Å². The number of carbonyl (C=O) groups excluding carboxylic acids is 2. The van der Waals surface area contributed by atoms with Crippen LogP contribution in [0.15, 0.2) is 0 Å². The SMILES string of the molecule is CC(C)(S)C(=O)OC1(OC(=O)C(C)(C)S)CCCCC1. The fourth-order valence-corrected chi connectivity index (χ4v) is 1.99. The highest BCUT2D eigenvalue weighted by atomic mass is 32.1. The molecule has 1 aliphatic rings. The van der Waals surface area contributed by atoms with Crippen molar-refractivity contribution in [2.24, 2.45) is 0 Å². The molecule has 0 aromatic rings. The molecular formula is C14H24O4S2. The second kappa shape index (κ2) is 6.18. The maximum absolute atomic E-state index is 12.1. The number of thiol groups is 2. The van der Waals surface area contributed by atoms with Gasteiger partial charge in [-0.05, 0) is 40.5 Å². The van der Waals surface area contributed by atoms with E-state index < -0.39 is 27.2 Å². The predicted octanol–water partition coefficient (Wildman–Crippen LogP) is 3.15. The van der Waals surface area contributed by atoms with Crippen LogP contribution in [0.2, 0.25) is 0 Å². The molecule has 0 amide bonds. The fourth-order valence-electron chi connectivity index (χ4n) is 1.90. The lowest BCUT2D eigenvalue weighted by molar-refractivity contribution is -0.240. The summed E-state index contributed by atoms with van der Waals surface area (Å²) in [5.41, 5.74) is 0. The second-order valence-electron chi connectivity index (χ2n) is 6.37. The van der Waals surface area contributed by atoms with Crippen molar-refractivity contribution < 1.29 is 19.1 Å². The van der Waals surface area contributed by atoms with Crippen molar-refractivity contribution in [3.05, 3.63) is 0 Å². The Bertz CT molecular complexity index is 344. The number of hydrogen-bond acceptors (Lipinski definition) is 6. The monoisotopic (exact) mass is 320 g/mol. The van der Waals surface area contributed by atoms with E-state index in [1.54, 1.807) is 27.7 Å². The van der Waals surface area contributed by atoms with Crippen LogP contribution < -0.4 is 0 Å². The van der Waals surface area contributed by atoms with Gasteiger partial charge < -0.3 is 9.47 Å². The van der Waals surface area contributed by atoms with Gasteiger partial charge in [0.2, 0.25) is 0 Å². The molecule has 0 unspecified atom stereocenters. The molecule has 0 aromatic heterocycles. The molecule has 4 nitrogen and oxygen atoms in total. The van der Waals surface area contributed by atoms with Crippen LogP contribution in [0.5, 0.6) is 0 Å². The van der Waals surface area contributed by atoms with Gasteiger partial charge in [-0.15, -0.1) is 0 Å². The Kier molecular flexibility index (Phi) is 5.46. The van der Waals surface area contributed by atoms with Crippen LogP contribution in [0.4, 0.5) is 0 Å². The first-order valence-electron chi connectivity index (χ1n) is 6.88. The van der Waals surface area contributed by atoms with E-state index in [1.165, 1.54) is 0 Å². The van der Waals surface area contributed by atoms with Crippen molar-refractivity contribution >= 4 is 37.2 Å². The molecule has 0 aliphatic heterocycles. The van der Waals surface area contributed by atoms with E-state index in [0.717, 1.165) is 19.3 Å². The van der Waals surface area contributed by atoms with Gasteiger partial charge in [-0.3, -0.25) is 9.59 Å². The van der Waals surface area contributed by atoms with Gasteiger partial charge in [-0.25, -0.2) is 0 Å². The lowest BCUT2D eigenvalue weighted by Gasteiger charge is -2.38. The van der Waals surface area contributed by atoms with Crippen molar-refractivity contribution in [3.8, 4) is 0 Å². The van der Waals surface area contributed by atoms with Gasteiger partial charge in [0.15, 0.2) is 0 Å². The zero-order chi connectivity index (χ0) is 15.6. The molecule has 6 heteroatoms. The molecule has 1 fully saturated rings. The molecule has 0 aromatic carbocycles. The van der Waals surface area contributed by atoms with E-state index in [-0.39, 0.29) is 0 Å². The van der Waals surface area contributed by atoms with Crippen LogP contribution >= 0.6 is 25.3 Å². The molecule has 0 N–H and O–H groups in total. The standard InChI is InChI=1S/C14H24O4S2/c1-12(2,19)10(15)17-14(8-6-5-7-9-14)18-11(16)13(3,4)20/h19-20H,5-9H2,1-4H3. The van der Waals surface area contributed by atoms with Crippen molar-refractivity contribution in [2.45, 2.75) is 75.1 Å². The zero-order valence-corrected chi connectivity index (χ0v) is 14.4. The number of esters is 2. The fraction of sp³-hybridized carbons (Fsp3) is 0.857. The van der Waals surface area contributed by atoms with E-state index in [2.05, 4.69) is 25.3 Å². The Hall–Kier alpha value is -0.360. The Balaban J connectivity index is 2.87. The van der Waals surface area contributed by atoms with Gasteiger partial charge in [0.1, 0.15) is 9.49 Å². The molecule has 0 atom stereocenters. The van der Waals surface area contributed by atoms with Gasteiger partial charge >= 0.3 is 11.9 Å². The van der Waals surface area contributed by atoms with E-state index in [0.29, 0.717) is 12.8 Å². The number of ether oxygens (including phenoxy) is 2. The van der Waals surface area contributed by atoms with Crippen molar-refractivity contribution in [2.75, 3.05) is 0 Å². The van der Waals surface area contributed by atoms with Gasteiger partial charge in [0.05, 0.1) is 0 Å². The summed E-state index contributed by atoms with van der Waals surface area (Å²) in [6, 6.07) is 0. The zero-order valence-electron chi connectivity index (χ0n) is 12.6. The Labute approximate surface area is 131 Å². The first-order chi connectivity index (χ1) is 8.96. The van der Waals surface area contributed by atoms with Crippen LogP contribution in [-0.4, -0.2) is 27.2 Å². The van der Waals surface area contributed by atoms with Crippen LogP contribution in [0.25, 0.3) is 0 Å². The van der Waals surface area contributed by atoms with Gasteiger partial charge in [-0.2, -0.15) is 25.3 Å². The van der Waals surface area contributed by atoms with Crippen LogP contribution in [0.1, 0.15) is 59.8 Å². The average Bonchev–Trinajstić information content (AvgIpc) is 2.27. The number of carbonyl (C=O) groups is 2. The summed E-state index contributed by atoms with van der Waals surface area (Å²) in [6.07, 6.45) is 3.82. The molecule has 116 valence electrons. The second-order valence-corrected chi connectivity index (χ2v) is 8.60. The molecule has 0 heterocycles. The summed E-state index contributed by atoms with van der Waals surface area (Å²) in [5, 5.41) is 0. The third kappa shape index (κ3) is 4.88. The highest BCUT2D eigenvalue weighted by Crippen LogP contribution is 2.36. The minimum Gasteiger partial charge on any atom is -0.421 e. The van der Waals surface area contributed by atoms with Crippen LogP contribution in [-0.2, 0) is 19.1 Å². The van der Waals surface area contributed by atoms with E-state index in [1.807, 2.05) is 0 Å². The molecule has 1 rings (SSSR count). The first-order valence-corrected chi connectivity index (χ1v) is 7.77. The maximum Gasteiger partial charge on any atom is 0.324 e.